The van der Waals surface area contributed by atoms with Crippen LogP contribution >= 0.6 is 0 Å². The SMILES string of the molecule is COc1cc2ccc3c4c(cnc3c2cc1OC)N(C)C(=O)C4(C)C. The minimum atomic E-state index is -0.574. The number of hydrogen-bond acceptors (Lipinski definition) is 4. The monoisotopic (exact) mass is 336 g/mol. The Hall–Kier alpha value is -2.82. The van der Waals surface area contributed by atoms with Crippen molar-refractivity contribution >= 4 is 33.3 Å². The van der Waals surface area contributed by atoms with E-state index in [9.17, 15) is 4.79 Å². The number of pyridine rings is 1. The van der Waals surface area contributed by atoms with Crippen LogP contribution in [0.3, 0.4) is 0 Å². The molecule has 0 N–H and O–H groups in total. The quantitative estimate of drug-likeness (QED) is 0.670. The Bertz CT molecular complexity index is 1040. The van der Waals surface area contributed by atoms with Crippen LogP contribution in [0.5, 0.6) is 11.5 Å². The number of amides is 1. The van der Waals surface area contributed by atoms with Gasteiger partial charge in [0.05, 0.1) is 37.0 Å². The van der Waals surface area contributed by atoms with Gasteiger partial charge in [0, 0.05) is 23.4 Å². The van der Waals surface area contributed by atoms with Gasteiger partial charge in [-0.1, -0.05) is 12.1 Å². The number of likely N-dealkylation sites (N-methyl/N-ethyl adjacent to an activating group) is 1. The Morgan fingerprint density at radius 3 is 2.40 bits per heavy atom. The van der Waals surface area contributed by atoms with Gasteiger partial charge in [-0.05, 0) is 31.4 Å². The van der Waals surface area contributed by atoms with Gasteiger partial charge in [0.25, 0.3) is 0 Å². The van der Waals surface area contributed by atoms with Gasteiger partial charge in [-0.15, -0.1) is 0 Å². The molecule has 2 heterocycles. The predicted molar refractivity (Wildman–Crippen MR) is 98.8 cm³/mol. The lowest BCUT2D eigenvalue weighted by molar-refractivity contribution is -0.121. The summed E-state index contributed by atoms with van der Waals surface area (Å²) in [4.78, 5) is 19.0. The van der Waals surface area contributed by atoms with Crippen LogP contribution in [-0.2, 0) is 10.2 Å². The van der Waals surface area contributed by atoms with E-state index in [0.29, 0.717) is 11.5 Å². The van der Waals surface area contributed by atoms with Crippen LogP contribution in [0.15, 0.2) is 30.5 Å². The molecule has 1 aliphatic rings. The number of aromatic nitrogens is 1. The van der Waals surface area contributed by atoms with E-state index in [4.69, 9.17) is 9.47 Å². The maximum absolute atomic E-state index is 12.6. The largest absolute Gasteiger partial charge is 0.493 e. The van der Waals surface area contributed by atoms with E-state index in [1.807, 2.05) is 38.1 Å². The number of benzene rings is 2. The van der Waals surface area contributed by atoms with Crippen LogP contribution < -0.4 is 14.4 Å². The average molecular weight is 336 g/mol. The van der Waals surface area contributed by atoms with Crippen LogP contribution in [0.4, 0.5) is 5.69 Å². The summed E-state index contributed by atoms with van der Waals surface area (Å²) in [6, 6.07) is 7.98. The molecule has 0 radical (unpaired) electrons. The summed E-state index contributed by atoms with van der Waals surface area (Å²) in [6.07, 6.45) is 1.79. The second-order valence-corrected chi connectivity index (χ2v) is 6.90. The Morgan fingerprint density at radius 1 is 1.04 bits per heavy atom. The summed E-state index contributed by atoms with van der Waals surface area (Å²) in [5.41, 5.74) is 2.20. The molecule has 1 aliphatic heterocycles. The number of anilines is 1. The lowest BCUT2D eigenvalue weighted by Gasteiger charge is -2.18. The normalized spacial score (nSPS) is 15.7. The molecule has 0 fully saturated rings. The predicted octanol–water partition coefficient (Wildman–Crippen LogP) is 3.66. The Kier molecular flexibility index (Phi) is 3.19. The summed E-state index contributed by atoms with van der Waals surface area (Å²) in [7, 11) is 5.05. The van der Waals surface area contributed by atoms with E-state index in [1.54, 1.807) is 32.4 Å². The Labute approximate surface area is 146 Å². The third kappa shape index (κ3) is 1.95. The zero-order chi connectivity index (χ0) is 17.9. The smallest absolute Gasteiger partial charge is 0.236 e. The molecule has 0 saturated carbocycles. The van der Waals surface area contributed by atoms with Crippen LogP contribution in [0.25, 0.3) is 21.7 Å². The van der Waals surface area contributed by atoms with Crippen molar-refractivity contribution in [3.05, 3.63) is 36.0 Å². The first-order valence-electron chi connectivity index (χ1n) is 8.16. The second-order valence-electron chi connectivity index (χ2n) is 6.90. The number of nitrogens with zero attached hydrogens (tertiary/aromatic N) is 2. The van der Waals surface area contributed by atoms with Crippen LogP contribution in [-0.4, -0.2) is 32.2 Å². The Morgan fingerprint density at radius 2 is 1.72 bits per heavy atom. The third-order valence-corrected chi connectivity index (χ3v) is 5.16. The first-order chi connectivity index (χ1) is 11.9. The van der Waals surface area contributed by atoms with Crippen molar-refractivity contribution in [2.75, 3.05) is 26.2 Å². The highest BCUT2D eigenvalue weighted by molar-refractivity contribution is 6.15. The van der Waals surface area contributed by atoms with Gasteiger partial charge in [0.15, 0.2) is 11.5 Å². The molecule has 5 nitrogen and oxygen atoms in total. The molecule has 0 spiro atoms. The fourth-order valence-electron chi connectivity index (χ4n) is 3.85. The van der Waals surface area contributed by atoms with Crippen molar-refractivity contribution < 1.29 is 14.3 Å². The van der Waals surface area contributed by atoms with Gasteiger partial charge < -0.3 is 14.4 Å². The maximum atomic E-state index is 12.6. The highest BCUT2D eigenvalue weighted by Crippen LogP contribution is 2.45. The number of ether oxygens (including phenoxy) is 2. The van der Waals surface area contributed by atoms with Crippen molar-refractivity contribution in [1.29, 1.82) is 0 Å². The highest BCUT2D eigenvalue weighted by atomic mass is 16.5. The van der Waals surface area contributed by atoms with Gasteiger partial charge in [-0.2, -0.15) is 0 Å². The molecule has 3 aromatic rings. The number of carbonyl (C=O) groups excluding carboxylic acids is 1. The van der Waals surface area contributed by atoms with Crippen LogP contribution in [0.1, 0.15) is 19.4 Å². The lowest BCUT2D eigenvalue weighted by Crippen LogP contribution is -2.33. The molecule has 0 bridgehead atoms. The third-order valence-electron chi connectivity index (χ3n) is 5.16. The molecule has 0 saturated heterocycles. The number of rotatable bonds is 2. The van der Waals surface area contributed by atoms with E-state index >= 15 is 0 Å². The van der Waals surface area contributed by atoms with Crippen LogP contribution in [0.2, 0.25) is 0 Å². The highest BCUT2D eigenvalue weighted by Gasteiger charge is 2.43. The van der Waals surface area contributed by atoms with Crippen molar-refractivity contribution in [1.82, 2.24) is 4.98 Å². The molecule has 25 heavy (non-hydrogen) atoms. The van der Waals surface area contributed by atoms with Crippen molar-refractivity contribution in [3.63, 3.8) is 0 Å². The molecule has 1 amide bonds. The van der Waals surface area contributed by atoms with Crippen molar-refractivity contribution in [2.45, 2.75) is 19.3 Å². The summed E-state index contributed by atoms with van der Waals surface area (Å²) in [6.45, 7) is 3.94. The van der Waals surface area contributed by atoms with Crippen LogP contribution in [0, 0.1) is 0 Å². The molecule has 2 aromatic carbocycles. The molecule has 0 unspecified atom stereocenters. The first kappa shape index (κ1) is 15.7. The molecule has 1 aromatic heterocycles. The van der Waals surface area contributed by atoms with Gasteiger partial charge >= 0.3 is 0 Å². The summed E-state index contributed by atoms with van der Waals surface area (Å²) in [5.74, 6) is 1.44. The minimum absolute atomic E-state index is 0.0872. The molecule has 128 valence electrons. The fraction of sp³-hybridized carbons (Fsp3) is 0.300. The van der Waals surface area contributed by atoms with Gasteiger partial charge in [0.2, 0.25) is 5.91 Å². The zero-order valence-corrected chi connectivity index (χ0v) is 15.0. The first-order valence-corrected chi connectivity index (χ1v) is 8.16. The maximum Gasteiger partial charge on any atom is 0.236 e. The molecule has 0 aliphatic carbocycles. The van der Waals surface area contributed by atoms with Crippen molar-refractivity contribution in [2.24, 2.45) is 0 Å². The lowest BCUT2D eigenvalue weighted by atomic mass is 9.83. The second kappa shape index (κ2) is 5.09. The summed E-state index contributed by atoms with van der Waals surface area (Å²) >= 11 is 0. The zero-order valence-electron chi connectivity index (χ0n) is 15.0. The minimum Gasteiger partial charge on any atom is -0.493 e. The Balaban J connectivity index is 2.12. The van der Waals surface area contributed by atoms with Gasteiger partial charge in [-0.3, -0.25) is 9.78 Å². The molecule has 0 atom stereocenters. The van der Waals surface area contributed by atoms with E-state index in [-0.39, 0.29) is 5.91 Å². The van der Waals surface area contributed by atoms with E-state index in [1.165, 1.54) is 0 Å². The number of hydrogen-bond donors (Lipinski definition) is 0. The van der Waals surface area contributed by atoms with E-state index in [2.05, 4.69) is 4.98 Å². The summed E-state index contributed by atoms with van der Waals surface area (Å²) in [5, 5.41) is 3.00. The van der Waals surface area contributed by atoms with Gasteiger partial charge in [0.1, 0.15) is 0 Å². The standard InChI is InChI=1S/C20H20N2O3/c1-20(2)17-12-7-6-11-8-15(24-4)16(25-5)9-13(11)18(12)21-10-14(17)22(3)19(20)23/h6-10H,1-5H3. The fourth-order valence-corrected chi connectivity index (χ4v) is 3.85. The average Bonchev–Trinajstić information content (AvgIpc) is 2.80. The van der Waals surface area contributed by atoms with Crippen molar-refractivity contribution in [3.8, 4) is 11.5 Å². The summed E-state index contributed by atoms with van der Waals surface area (Å²) < 4.78 is 10.8. The van der Waals surface area contributed by atoms with E-state index < -0.39 is 5.41 Å². The molecule has 4 rings (SSSR count). The molecular formula is C20H20N2O3. The number of carbonyl (C=O) groups is 1. The number of methoxy groups -OCH3 is 2. The topological polar surface area (TPSA) is 51.7 Å². The molecular weight excluding hydrogens is 316 g/mol. The molecule has 5 heteroatoms. The van der Waals surface area contributed by atoms with Gasteiger partial charge in [-0.25, -0.2) is 0 Å². The van der Waals surface area contributed by atoms with E-state index in [0.717, 1.165) is 32.9 Å². The number of fused-ring (bicyclic) bond motifs is 5.